The van der Waals surface area contributed by atoms with Crippen LogP contribution >= 0.6 is 24.8 Å². The van der Waals surface area contributed by atoms with Crippen LogP contribution in [0.4, 0.5) is 0 Å². The Kier molecular flexibility index (Phi) is 7.51. The zero-order valence-electron chi connectivity index (χ0n) is 6.64. The Bertz CT molecular complexity index is 281. The van der Waals surface area contributed by atoms with Crippen LogP contribution in [0.3, 0.4) is 0 Å². The minimum absolute atomic E-state index is 0. The molecule has 0 unspecified atom stereocenters. The molecule has 1 rings (SSSR count). The van der Waals surface area contributed by atoms with E-state index in [2.05, 4.69) is 4.98 Å². The Balaban J connectivity index is 0. The first-order valence-electron chi connectivity index (χ1n) is 3.11. The van der Waals surface area contributed by atoms with Gasteiger partial charge >= 0.3 is 0 Å². The molecule has 0 spiro atoms. The first kappa shape index (κ1) is 14.7. The first-order valence-corrected chi connectivity index (χ1v) is 3.11. The number of pyridine rings is 1. The third kappa shape index (κ3) is 4.07. The van der Waals surface area contributed by atoms with Crippen molar-refractivity contribution < 1.29 is 9.90 Å². The molecule has 0 aliphatic carbocycles. The summed E-state index contributed by atoms with van der Waals surface area (Å²) in [4.78, 5) is 14.5. The molecule has 1 aromatic heterocycles. The van der Waals surface area contributed by atoms with E-state index in [1.165, 1.54) is 18.5 Å². The number of ketones is 1. The molecule has 74 valence electrons. The molecule has 0 amide bonds. The monoisotopic (exact) mass is 224 g/mol. The lowest BCUT2D eigenvalue weighted by Crippen LogP contribution is -2.13. The maximum absolute atomic E-state index is 10.9. The van der Waals surface area contributed by atoms with Crippen LogP contribution in [0, 0.1) is 0 Å². The summed E-state index contributed by atoms with van der Waals surface area (Å²) in [5.74, 6) is -0.252. The molecule has 0 saturated carbocycles. The van der Waals surface area contributed by atoms with E-state index >= 15 is 0 Å². The van der Waals surface area contributed by atoms with Gasteiger partial charge in [-0.15, -0.1) is 24.8 Å². The predicted octanol–water partition coefficient (Wildman–Crippen LogP) is 0.772. The standard InChI is InChI=1S/C7H8N2O2.2ClH/c8-2-7(11)5-1-6(10)4-9-3-5;;/h1,3-4,10H,2,8H2;2*1H. The molecule has 1 aromatic rings. The molecule has 0 bridgehead atoms. The summed E-state index contributed by atoms with van der Waals surface area (Å²) < 4.78 is 0. The average molecular weight is 225 g/mol. The van der Waals surface area contributed by atoms with Gasteiger partial charge in [0, 0.05) is 11.8 Å². The SMILES string of the molecule is Cl.Cl.NCC(=O)c1cncc(O)c1. The fraction of sp³-hybridized carbons (Fsp3) is 0.143. The van der Waals surface area contributed by atoms with Gasteiger partial charge in [-0.05, 0) is 6.07 Å². The molecule has 4 nitrogen and oxygen atoms in total. The zero-order valence-corrected chi connectivity index (χ0v) is 8.27. The second kappa shape index (κ2) is 6.65. The summed E-state index contributed by atoms with van der Waals surface area (Å²) in [6.45, 7) is -0.0644. The lowest BCUT2D eigenvalue weighted by atomic mass is 10.2. The molecule has 0 aliphatic heterocycles. The number of Topliss-reactive ketones (excluding diaryl/α,β-unsaturated/α-hetero) is 1. The second-order valence-corrected chi connectivity index (χ2v) is 2.06. The molecule has 13 heavy (non-hydrogen) atoms. The van der Waals surface area contributed by atoms with Crippen LogP contribution in [0.25, 0.3) is 0 Å². The van der Waals surface area contributed by atoms with Crippen molar-refractivity contribution in [1.82, 2.24) is 4.98 Å². The molecule has 0 radical (unpaired) electrons. The number of carbonyl (C=O) groups is 1. The quantitative estimate of drug-likeness (QED) is 0.729. The van der Waals surface area contributed by atoms with Gasteiger partial charge in [-0.3, -0.25) is 9.78 Å². The lowest BCUT2D eigenvalue weighted by molar-refractivity contribution is 0.100. The molecule has 0 fully saturated rings. The highest BCUT2D eigenvalue weighted by molar-refractivity contribution is 5.97. The number of rotatable bonds is 2. The summed E-state index contributed by atoms with van der Waals surface area (Å²) in [5, 5.41) is 8.90. The fourth-order valence-corrected chi connectivity index (χ4v) is 0.698. The van der Waals surface area contributed by atoms with Gasteiger partial charge in [0.25, 0.3) is 0 Å². The van der Waals surface area contributed by atoms with Crippen molar-refractivity contribution in [2.24, 2.45) is 5.73 Å². The molecule has 0 saturated heterocycles. The largest absolute Gasteiger partial charge is 0.506 e. The second-order valence-electron chi connectivity index (χ2n) is 2.06. The van der Waals surface area contributed by atoms with Gasteiger partial charge in [0.05, 0.1) is 12.7 Å². The molecular weight excluding hydrogens is 215 g/mol. The Labute approximate surface area is 88.0 Å². The van der Waals surface area contributed by atoms with E-state index in [9.17, 15) is 4.79 Å². The van der Waals surface area contributed by atoms with Crippen LogP contribution in [-0.4, -0.2) is 22.4 Å². The van der Waals surface area contributed by atoms with Gasteiger partial charge in [-0.2, -0.15) is 0 Å². The number of nitrogens with two attached hydrogens (primary N) is 1. The van der Waals surface area contributed by atoms with Crippen molar-refractivity contribution in [1.29, 1.82) is 0 Å². The van der Waals surface area contributed by atoms with Crippen LogP contribution in [0.1, 0.15) is 10.4 Å². The highest BCUT2D eigenvalue weighted by atomic mass is 35.5. The van der Waals surface area contributed by atoms with E-state index in [0.717, 1.165) is 0 Å². The van der Waals surface area contributed by atoms with Crippen LogP contribution in [0.15, 0.2) is 18.5 Å². The summed E-state index contributed by atoms with van der Waals surface area (Å²) >= 11 is 0. The van der Waals surface area contributed by atoms with Gasteiger partial charge in [0.2, 0.25) is 0 Å². The van der Waals surface area contributed by atoms with Crippen molar-refractivity contribution in [3.05, 3.63) is 24.0 Å². The Morgan fingerprint density at radius 3 is 2.54 bits per heavy atom. The van der Waals surface area contributed by atoms with E-state index in [4.69, 9.17) is 10.8 Å². The normalized spacial score (nSPS) is 8.08. The minimum atomic E-state index is -0.228. The number of hydrogen-bond donors (Lipinski definition) is 2. The third-order valence-electron chi connectivity index (χ3n) is 1.23. The number of hydrogen-bond acceptors (Lipinski definition) is 4. The molecule has 0 aliphatic rings. The lowest BCUT2D eigenvalue weighted by Gasteiger charge is -1.96. The van der Waals surface area contributed by atoms with Crippen molar-refractivity contribution in [2.45, 2.75) is 0 Å². The van der Waals surface area contributed by atoms with E-state index in [1.54, 1.807) is 0 Å². The summed E-state index contributed by atoms with van der Waals surface area (Å²) in [6, 6.07) is 1.34. The van der Waals surface area contributed by atoms with Crippen LogP contribution in [-0.2, 0) is 0 Å². The number of aromatic nitrogens is 1. The molecular formula is C7H10Cl2N2O2. The smallest absolute Gasteiger partial charge is 0.178 e. The Morgan fingerprint density at radius 1 is 1.46 bits per heavy atom. The van der Waals surface area contributed by atoms with Crippen LogP contribution < -0.4 is 5.73 Å². The van der Waals surface area contributed by atoms with Crippen LogP contribution in [0.2, 0.25) is 0 Å². The topological polar surface area (TPSA) is 76.2 Å². The van der Waals surface area contributed by atoms with Gasteiger partial charge in [0.1, 0.15) is 5.75 Å². The van der Waals surface area contributed by atoms with Gasteiger partial charge < -0.3 is 10.8 Å². The van der Waals surface area contributed by atoms with Crippen molar-refractivity contribution in [3.63, 3.8) is 0 Å². The van der Waals surface area contributed by atoms with Gasteiger partial charge in [-0.1, -0.05) is 0 Å². The summed E-state index contributed by atoms with van der Waals surface area (Å²) in [7, 11) is 0. The Hall–Kier alpha value is -0.840. The van der Waals surface area contributed by atoms with Crippen molar-refractivity contribution >= 4 is 30.6 Å². The van der Waals surface area contributed by atoms with Gasteiger partial charge in [-0.25, -0.2) is 0 Å². The van der Waals surface area contributed by atoms with Gasteiger partial charge in [0.15, 0.2) is 5.78 Å². The fourth-order valence-electron chi connectivity index (χ4n) is 0.698. The minimum Gasteiger partial charge on any atom is -0.506 e. The number of aromatic hydroxyl groups is 1. The van der Waals surface area contributed by atoms with E-state index in [-0.39, 0.29) is 42.9 Å². The summed E-state index contributed by atoms with van der Waals surface area (Å²) in [6.07, 6.45) is 2.63. The van der Waals surface area contributed by atoms with E-state index in [0.29, 0.717) is 5.56 Å². The van der Waals surface area contributed by atoms with Crippen LogP contribution in [0.5, 0.6) is 5.75 Å². The molecule has 3 N–H and O–H groups in total. The van der Waals surface area contributed by atoms with Crippen molar-refractivity contribution in [2.75, 3.05) is 6.54 Å². The molecule has 1 heterocycles. The van der Waals surface area contributed by atoms with Crippen molar-refractivity contribution in [3.8, 4) is 5.75 Å². The average Bonchev–Trinajstić information content (AvgIpc) is 2.03. The highest BCUT2D eigenvalue weighted by Gasteiger charge is 2.02. The number of halogens is 2. The summed E-state index contributed by atoms with van der Waals surface area (Å²) in [5.41, 5.74) is 5.44. The molecule has 0 atom stereocenters. The third-order valence-corrected chi connectivity index (χ3v) is 1.23. The maximum Gasteiger partial charge on any atom is 0.178 e. The predicted molar refractivity (Wildman–Crippen MR) is 53.8 cm³/mol. The molecule has 6 heteroatoms. The molecule has 0 aromatic carbocycles. The maximum atomic E-state index is 10.9. The zero-order chi connectivity index (χ0) is 8.27. The number of carbonyl (C=O) groups excluding carboxylic acids is 1. The first-order chi connectivity index (χ1) is 5.24. The highest BCUT2D eigenvalue weighted by Crippen LogP contribution is 2.08. The van der Waals surface area contributed by atoms with E-state index in [1.807, 2.05) is 0 Å². The van der Waals surface area contributed by atoms with E-state index < -0.39 is 0 Å². The Morgan fingerprint density at radius 2 is 2.08 bits per heavy atom. The number of nitrogens with zero attached hydrogens (tertiary/aromatic N) is 1.